The number of anilines is 1. The third-order valence-corrected chi connectivity index (χ3v) is 3.50. The predicted molar refractivity (Wildman–Crippen MR) is 68.7 cm³/mol. The van der Waals surface area contributed by atoms with Gasteiger partial charge in [0, 0.05) is 31.3 Å². The Labute approximate surface area is 102 Å². The fraction of sp³-hybridized carbons (Fsp3) is 0.615. The van der Waals surface area contributed by atoms with Crippen molar-refractivity contribution in [1.29, 1.82) is 0 Å². The average Bonchev–Trinajstić information content (AvgIpc) is 2.39. The summed E-state index contributed by atoms with van der Waals surface area (Å²) >= 11 is 0. The first-order valence-electron chi connectivity index (χ1n) is 6.44. The fourth-order valence-electron chi connectivity index (χ4n) is 2.65. The van der Waals surface area contributed by atoms with Crippen molar-refractivity contribution in [3.8, 4) is 0 Å². The van der Waals surface area contributed by atoms with E-state index in [0.717, 1.165) is 37.6 Å². The van der Waals surface area contributed by atoms with Crippen molar-refractivity contribution in [2.75, 3.05) is 18.0 Å². The van der Waals surface area contributed by atoms with Crippen LogP contribution in [0.5, 0.6) is 0 Å². The molecule has 0 aliphatic carbocycles. The van der Waals surface area contributed by atoms with Crippen LogP contribution in [0, 0.1) is 6.92 Å². The number of hydrogen-bond acceptors (Lipinski definition) is 4. The van der Waals surface area contributed by atoms with E-state index in [0.29, 0.717) is 0 Å². The second-order valence-corrected chi connectivity index (χ2v) is 4.79. The van der Waals surface area contributed by atoms with Gasteiger partial charge in [0.15, 0.2) is 0 Å². The largest absolute Gasteiger partial charge is 0.356 e. The van der Waals surface area contributed by atoms with Crippen LogP contribution in [0.25, 0.3) is 0 Å². The molecule has 0 atom stereocenters. The van der Waals surface area contributed by atoms with E-state index in [1.54, 1.807) is 0 Å². The van der Waals surface area contributed by atoms with Crippen molar-refractivity contribution >= 4 is 12.0 Å². The van der Waals surface area contributed by atoms with E-state index in [4.69, 9.17) is 0 Å². The zero-order chi connectivity index (χ0) is 11.7. The van der Waals surface area contributed by atoms with E-state index in [1.807, 2.05) is 13.1 Å². The van der Waals surface area contributed by atoms with Crippen molar-refractivity contribution in [2.24, 2.45) is 4.99 Å². The summed E-state index contributed by atoms with van der Waals surface area (Å²) in [6.07, 6.45) is 6.80. The SMILES string of the molecule is Cc1nc2c(c(N3CCCCC3)n1)CC=NC2. The lowest BCUT2D eigenvalue weighted by Gasteiger charge is -2.30. The van der Waals surface area contributed by atoms with Gasteiger partial charge in [-0.3, -0.25) is 4.99 Å². The number of fused-ring (bicyclic) bond motifs is 1. The van der Waals surface area contributed by atoms with Crippen molar-refractivity contribution < 1.29 is 0 Å². The molecule has 3 rings (SSSR count). The Morgan fingerprint density at radius 3 is 2.76 bits per heavy atom. The molecule has 4 heteroatoms. The Balaban J connectivity index is 2.00. The van der Waals surface area contributed by atoms with Crippen LogP contribution in [0.3, 0.4) is 0 Å². The van der Waals surface area contributed by atoms with Crippen LogP contribution >= 0.6 is 0 Å². The predicted octanol–water partition coefficient (Wildman–Crippen LogP) is 1.90. The van der Waals surface area contributed by atoms with Gasteiger partial charge >= 0.3 is 0 Å². The molecule has 4 nitrogen and oxygen atoms in total. The van der Waals surface area contributed by atoms with Gasteiger partial charge in [-0.1, -0.05) is 0 Å². The quantitative estimate of drug-likeness (QED) is 0.740. The molecule has 0 spiro atoms. The Morgan fingerprint density at radius 1 is 1.12 bits per heavy atom. The Morgan fingerprint density at radius 2 is 1.94 bits per heavy atom. The molecule has 0 radical (unpaired) electrons. The maximum Gasteiger partial charge on any atom is 0.136 e. The number of hydrogen-bond donors (Lipinski definition) is 0. The molecule has 0 bridgehead atoms. The molecule has 0 amide bonds. The highest BCUT2D eigenvalue weighted by atomic mass is 15.2. The highest BCUT2D eigenvalue weighted by molar-refractivity contribution is 5.68. The third kappa shape index (κ3) is 2.04. The molecule has 1 saturated heterocycles. The second kappa shape index (κ2) is 4.43. The van der Waals surface area contributed by atoms with Crippen LogP contribution in [0.2, 0.25) is 0 Å². The number of aryl methyl sites for hydroxylation is 1. The molecule has 2 aliphatic heterocycles. The molecule has 0 aromatic carbocycles. The van der Waals surface area contributed by atoms with Crippen molar-refractivity contribution in [3.63, 3.8) is 0 Å². The maximum atomic E-state index is 4.66. The molecule has 0 N–H and O–H groups in total. The summed E-state index contributed by atoms with van der Waals surface area (Å²) in [6.45, 7) is 4.98. The standard InChI is InChI=1S/C13H18N4/c1-10-15-12-9-14-6-5-11(12)13(16-10)17-7-3-2-4-8-17/h6H,2-5,7-9H2,1H3. The first-order valence-corrected chi connectivity index (χ1v) is 6.44. The molecule has 2 aliphatic rings. The fourth-order valence-corrected chi connectivity index (χ4v) is 2.65. The number of rotatable bonds is 1. The number of aliphatic imine (C=N–C) groups is 1. The van der Waals surface area contributed by atoms with Gasteiger partial charge in [0.05, 0.1) is 12.2 Å². The Hall–Kier alpha value is -1.45. The normalized spacial score (nSPS) is 19.2. The van der Waals surface area contributed by atoms with E-state index in [2.05, 4.69) is 19.9 Å². The molecule has 0 unspecified atom stereocenters. The van der Waals surface area contributed by atoms with E-state index >= 15 is 0 Å². The number of nitrogens with zero attached hydrogens (tertiary/aromatic N) is 4. The van der Waals surface area contributed by atoms with Crippen molar-refractivity contribution in [2.45, 2.75) is 39.2 Å². The Kier molecular flexibility index (Phi) is 2.79. The monoisotopic (exact) mass is 230 g/mol. The Bertz CT molecular complexity index is 447. The second-order valence-electron chi connectivity index (χ2n) is 4.79. The van der Waals surface area contributed by atoms with Crippen molar-refractivity contribution in [3.05, 3.63) is 17.1 Å². The van der Waals surface area contributed by atoms with Crippen LogP contribution in [0.15, 0.2) is 4.99 Å². The summed E-state index contributed by atoms with van der Waals surface area (Å²) in [5.41, 5.74) is 2.42. The summed E-state index contributed by atoms with van der Waals surface area (Å²) in [4.78, 5) is 15.9. The minimum Gasteiger partial charge on any atom is -0.356 e. The molecule has 1 aromatic rings. The summed E-state index contributed by atoms with van der Waals surface area (Å²) in [6, 6.07) is 0. The molecular formula is C13H18N4. The van der Waals surface area contributed by atoms with Gasteiger partial charge in [-0.25, -0.2) is 9.97 Å². The maximum absolute atomic E-state index is 4.66. The zero-order valence-electron chi connectivity index (χ0n) is 10.3. The van der Waals surface area contributed by atoms with Crippen LogP contribution < -0.4 is 4.90 Å². The first-order chi connectivity index (χ1) is 8.34. The van der Waals surface area contributed by atoms with E-state index < -0.39 is 0 Å². The van der Waals surface area contributed by atoms with Gasteiger partial charge < -0.3 is 4.90 Å². The van der Waals surface area contributed by atoms with Gasteiger partial charge in [-0.2, -0.15) is 0 Å². The summed E-state index contributed by atoms with van der Waals surface area (Å²) in [7, 11) is 0. The lowest BCUT2D eigenvalue weighted by atomic mass is 10.1. The van der Waals surface area contributed by atoms with Crippen LogP contribution in [-0.2, 0) is 13.0 Å². The summed E-state index contributed by atoms with van der Waals surface area (Å²) in [5.74, 6) is 2.04. The van der Waals surface area contributed by atoms with E-state index in [-0.39, 0.29) is 0 Å². The van der Waals surface area contributed by atoms with Crippen molar-refractivity contribution in [1.82, 2.24) is 9.97 Å². The highest BCUT2D eigenvalue weighted by Gasteiger charge is 2.20. The smallest absolute Gasteiger partial charge is 0.136 e. The highest BCUT2D eigenvalue weighted by Crippen LogP contribution is 2.26. The van der Waals surface area contributed by atoms with Crippen LogP contribution in [0.1, 0.15) is 36.3 Å². The molecular weight excluding hydrogens is 212 g/mol. The summed E-state index contributed by atoms with van der Waals surface area (Å²) < 4.78 is 0. The van der Waals surface area contributed by atoms with Crippen LogP contribution in [-0.4, -0.2) is 29.3 Å². The van der Waals surface area contributed by atoms with Gasteiger partial charge in [-0.05, 0) is 26.2 Å². The minimum absolute atomic E-state index is 0.722. The van der Waals surface area contributed by atoms with Gasteiger partial charge in [0.2, 0.25) is 0 Å². The van der Waals surface area contributed by atoms with Gasteiger partial charge in [0.25, 0.3) is 0 Å². The molecule has 1 fully saturated rings. The van der Waals surface area contributed by atoms with E-state index in [1.165, 1.54) is 30.6 Å². The molecule has 1 aromatic heterocycles. The topological polar surface area (TPSA) is 41.4 Å². The van der Waals surface area contributed by atoms with E-state index in [9.17, 15) is 0 Å². The molecule has 17 heavy (non-hydrogen) atoms. The third-order valence-electron chi connectivity index (χ3n) is 3.50. The zero-order valence-corrected chi connectivity index (χ0v) is 10.3. The molecule has 3 heterocycles. The number of piperidine rings is 1. The first kappa shape index (κ1) is 10.7. The number of aromatic nitrogens is 2. The lowest BCUT2D eigenvalue weighted by Crippen LogP contribution is -2.32. The minimum atomic E-state index is 0.722. The average molecular weight is 230 g/mol. The molecule has 90 valence electrons. The summed E-state index contributed by atoms with van der Waals surface area (Å²) in [5, 5.41) is 0. The van der Waals surface area contributed by atoms with Gasteiger partial charge in [-0.15, -0.1) is 0 Å². The van der Waals surface area contributed by atoms with Gasteiger partial charge in [0.1, 0.15) is 11.6 Å². The van der Waals surface area contributed by atoms with Crippen LogP contribution in [0.4, 0.5) is 5.82 Å². The molecule has 0 saturated carbocycles. The lowest BCUT2D eigenvalue weighted by molar-refractivity contribution is 0.570.